The lowest BCUT2D eigenvalue weighted by atomic mass is 10.2. The molecule has 0 N–H and O–H groups in total. The molecule has 4 rings (SSSR count). The molecule has 0 amide bonds. The monoisotopic (exact) mass is 502 g/mol. The van der Waals surface area contributed by atoms with Crippen molar-refractivity contribution in [3.05, 3.63) is 89.9 Å². The normalized spacial score (nSPS) is 11.9. The molecule has 0 aliphatic rings. The van der Waals surface area contributed by atoms with Crippen molar-refractivity contribution in [3.8, 4) is 5.75 Å². The molecule has 2 aromatic carbocycles. The predicted molar refractivity (Wildman–Crippen MR) is 124 cm³/mol. The fourth-order valence-corrected chi connectivity index (χ4v) is 3.49. The summed E-state index contributed by atoms with van der Waals surface area (Å²) in [5, 5.41) is 7.62. The second-order valence-corrected chi connectivity index (χ2v) is 8.42. The Morgan fingerprint density at radius 3 is 2.51 bits per heavy atom. The molecule has 182 valence electrons. The van der Waals surface area contributed by atoms with E-state index in [1.165, 1.54) is 18.4 Å². The van der Waals surface area contributed by atoms with E-state index in [0.29, 0.717) is 37.1 Å². The zero-order chi connectivity index (χ0) is 24.5. The zero-order valence-electron chi connectivity index (χ0n) is 18.4. The number of ether oxygens (including phenoxy) is 2. The Bertz CT molecular complexity index is 1210. The highest BCUT2D eigenvalue weighted by molar-refractivity contribution is 8.00. The van der Waals surface area contributed by atoms with Crippen molar-refractivity contribution < 1.29 is 27.1 Å². The average Bonchev–Trinajstić information content (AvgIpc) is 3.52. The summed E-state index contributed by atoms with van der Waals surface area (Å²) in [4.78, 5) is 4.47. The van der Waals surface area contributed by atoms with Gasteiger partial charge in [-0.25, -0.2) is 4.98 Å². The lowest BCUT2D eigenvalue weighted by Gasteiger charge is -2.07. The van der Waals surface area contributed by atoms with Crippen LogP contribution in [0, 0.1) is 0 Å². The molecular weight excluding hydrogens is 481 g/mol. The zero-order valence-corrected chi connectivity index (χ0v) is 19.2. The van der Waals surface area contributed by atoms with Gasteiger partial charge in [0.25, 0.3) is 0 Å². The van der Waals surface area contributed by atoms with Crippen LogP contribution in [0.15, 0.2) is 76.5 Å². The highest BCUT2D eigenvalue weighted by atomic mass is 32.2. The number of benzene rings is 2. The summed E-state index contributed by atoms with van der Waals surface area (Å²) in [5.74, 6) is 1.06. The van der Waals surface area contributed by atoms with Gasteiger partial charge in [0.1, 0.15) is 24.3 Å². The number of nitrogens with zero attached hydrogens (tertiary/aromatic N) is 4. The average molecular weight is 503 g/mol. The van der Waals surface area contributed by atoms with Crippen molar-refractivity contribution in [1.82, 2.24) is 20.0 Å². The first-order chi connectivity index (χ1) is 16.9. The van der Waals surface area contributed by atoms with Crippen LogP contribution >= 0.6 is 11.8 Å². The highest BCUT2D eigenvalue weighted by Gasteiger charge is 2.28. The van der Waals surface area contributed by atoms with E-state index < -0.39 is 5.51 Å². The van der Waals surface area contributed by atoms with Gasteiger partial charge in [0.15, 0.2) is 0 Å². The summed E-state index contributed by atoms with van der Waals surface area (Å²) >= 11 is -0.145. The summed E-state index contributed by atoms with van der Waals surface area (Å²) in [5.41, 5.74) is -1.93. The number of aromatic nitrogens is 4. The van der Waals surface area contributed by atoms with Gasteiger partial charge in [-0.1, -0.05) is 29.5 Å². The molecule has 4 aromatic rings. The Morgan fingerprint density at radius 1 is 1.00 bits per heavy atom. The molecule has 0 radical (unpaired) electrons. The van der Waals surface area contributed by atoms with Gasteiger partial charge >= 0.3 is 5.51 Å². The van der Waals surface area contributed by atoms with Crippen LogP contribution < -0.4 is 4.74 Å². The molecular formula is C24H21F3N4O3S. The maximum Gasteiger partial charge on any atom is 0.446 e. The Balaban J connectivity index is 1.20. The second kappa shape index (κ2) is 11.7. The van der Waals surface area contributed by atoms with Crippen LogP contribution in [0.3, 0.4) is 0 Å². The number of hydrogen-bond acceptors (Lipinski definition) is 7. The van der Waals surface area contributed by atoms with Gasteiger partial charge < -0.3 is 13.9 Å². The van der Waals surface area contributed by atoms with E-state index in [9.17, 15) is 13.2 Å². The van der Waals surface area contributed by atoms with Gasteiger partial charge in [-0.2, -0.15) is 13.2 Å². The Kier molecular flexibility index (Phi) is 8.22. The van der Waals surface area contributed by atoms with Crippen LogP contribution in [0.5, 0.6) is 5.75 Å². The van der Waals surface area contributed by atoms with Gasteiger partial charge in [0.05, 0.1) is 26.0 Å². The quantitative estimate of drug-likeness (QED) is 0.188. The summed E-state index contributed by atoms with van der Waals surface area (Å²) in [6.45, 7) is 1.89. The number of rotatable bonds is 11. The minimum Gasteiger partial charge on any atom is -0.487 e. The van der Waals surface area contributed by atoms with Crippen molar-refractivity contribution >= 4 is 23.9 Å². The molecule has 0 spiro atoms. The number of alkyl halides is 3. The molecule has 35 heavy (non-hydrogen) atoms. The largest absolute Gasteiger partial charge is 0.487 e. The van der Waals surface area contributed by atoms with Crippen LogP contribution in [-0.2, 0) is 24.5 Å². The lowest BCUT2D eigenvalue weighted by molar-refractivity contribution is -0.0328. The Morgan fingerprint density at radius 2 is 1.80 bits per heavy atom. The van der Waals surface area contributed by atoms with Gasteiger partial charge in [-0.15, -0.1) is 5.10 Å². The Hall–Kier alpha value is -3.57. The van der Waals surface area contributed by atoms with Crippen LogP contribution in [-0.4, -0.2) is 32.1 Å². The molecule has 0 aliphatic carbocycles. The van der Waals surface area contributed by atoms with Crippen LogP contribution in [0.4, 0.5) is 13.2 Å². The summed E-state index contributed by atoms with van der Waals surface area (Å²) in [6.07, 6.45) is 8.27. The van der Waals surface area contributed by atoms with Crippen molar-refractivity contribution in [2.24, 2.45) is 0 Å². The molecule has 0 unspecified atom stereocenters. The fraction of sp³-hybridized carbons (Fsp3) is 0.208. The standard InChI is InChI=1S/C24H21F3N4O3S/c25-24(26,27)35-22-8-3-18(4-9-22)5-10-23-29-20(17-34-23)16-33-21-6-1-19(2-7-21)15-32-14-13-31-12-11-28-30-31/h1-12,17H,13-16H2. The molecule has 2 heterocycles. The minimum atomic E-state index is -4.30. The highest BCUT2D eigenvalue weighted by Crippen LogP contribution is 2.36. The second-order valence-electron chi connectivity index (χ2n) is 7.28. The fourth-order valence-electron chi connectivity index (χ4n) is 2.95. The smallest absolute Gasteiger partial charge is 0.446 e. The molecule has 0 atom stereocenters. The summed E-state index contributed by atoms with van der Waals surface area (Å²) < 4.78 is 55.7. The maximum atomic E-state index is 12.4. The molecule has 2 aromatic heterocycles. The summed E-state index contributed by atoms with van der Waals surface area (Å²) in [7, 11) is 0. The molecule has 11 heteroatoms. The van der Waals surface area contributed by atoms with E-state index in [0.717, 1.165) is 11.1 Å². The van der Waals surface area contributed by atoms with Gasteiger partial charge in [-0.05, 0) is 53.2 Å². The topological polar surface area (TPSA) is 75.2 Å². The Labute approximate surface area is 203 Å². The van der Waals surface area contributed by atoms with E-state index in [1.807, 2.05) is 24.3 Å². The van der Waals surface area contributed by atoms with Crippen LogP contribution in [0.1, 0.15) is 22.7 Å². The lowest BCUT2D eigenvalue weighted by Crippen LogP contribution is -2.06. The van der Waals surface area contributed by atoms with E-state index in [4.69, 9.17) is 13.9 Å². The molecule has 7 nitrogen and oxygen atoms in total. The van der Waals surface area contributed by atoms with E-state index in [-0.39, 0.29) is 23.3 Å². The number of thioether (sulfide) groups is 1. The first kappa shape index (κ1) is 24.6. The number of oxazole rings is 1. The van der Waals surface area contributed by atoms with Gasteiger partial charge in [0, 0.05) is 17.2 Å². The molecule has 0 bridgehead atoms. The van der Waals surface area contributed by atoms with E-state index >= 15 is 0 Å². The van der Waals surface area contributed by atoms with Gasteiger partial charge in [-0.3, -0.25) is 4.68 Å². The number of hydrogen-bond donors (Lipinski definition) is 0. The first-order valence-electron chi connectivity index (χ1n) is 10.5. The molecule has 0 aliphatic heterocycles. The van der Waals surface area contributed by atoms with Crippen LogP contribution in [0.2, 0.25) is 0 Å². The third-order valence-electron chi connectivity index (χ3n) is 4.62. The summed E-state index contributed by atoms with van der Waals surface area (Å²) in [6, 6.07) is 13.6. The SMILES string of the molecule is FC(F)(F)Sc1ccc(C=Cc2nc(COc3ccc(COCCn4ccnn4)cc3)co2)cc1. The molecule has 0 saturated heterocycles. The van der Waals surface area contributed by atoms with Crippen LogP contribution in [0.25, 0.3) is 12.2 Å². The van der Waals surface area contributed by atoms with E-state index in [2.05, 4.69) is 15.3 Å². The first-order valence-corrected chi connectivity index (χ1v) is 11.4. The molecule has 0 saturated carbocycles. The van der Waals surface area contributed by atoms with Crippen molar-refractivity contribution in [1.29, 1.82) is 0 Å². The molecule has 0 fully saturated rings. The third-order valence-corrected chi connectivity index (χ3v) is 5.36. The van der Waals surface area contributed by atoms with Crippen molar-refractivity contribution in [2.75, 3.05) is 6.61 Å². The van der Waals surface area contributed by atoms with Crippen molar-refractivity contribution in [2.45, 2.75) is 30.2 Å². The third kappa shape index (κ3) is 8.30. The van der Waals surface area contributed by atoms with E-state index in [1.54, 1.807) is 41.4 Å². The minimum absolute atomic E-state index is 0.133. The maximum absolute atomic E-state index is 12.4. The predicted octanol–water partition coefficient (Wildman–Crippen LogP) is 5.84. The van der Waals surface area contributed by atoms with Gasteiger partial charge in [0.2, 0.25) is 5.89 Å². The number of halogens is 3. The van der Waals surface area contributed by atoms with Crippen molar-refractivity contribution in [3.63, 3.8) is 0 Å².